The van der Waals surface area contributed by atoms with Crippen LogP contribution in [0, 0.1) is 0 Å². The third-order valence-electron chi connectivity index (χ3n) is 4.47. The van der Waals surface area contributed by atoms with Gasteiger partial charge in [0.2, 0.25) is 0 Å². The second kappa shape index (κ2) is 8.83. The van der Waals surface area contributed by atoms with Crippen molar-refractivity contribution in [2.75, 3.05) is 33.3 Å². The molecule has 2 aromatic carbocycles. The quantitative estimate of drug-likeness (QED) is 0.430. The van der Waals surface area contributed by atoms with Crippen molar-refractivity contribution in [3.63, 3.8) is 0 Å². The average molecular weight is 428 g/mol. The molecule has 8 nitrogen and oxygen atoms in total. The van der Waals surface area contributed by atoms with E-state index in [1.807, 2.05) is 0 Å². The van der Waals surface area contributed by atoms with Crippen LogP contribution in [0.25, 0.3) is 6.08 Å². The minimum absolute atomic E-state index is 0.0488. The first-order valence-electron chi connectivity index (χ1n) is 8.79. The molecule has 1 heterocycles. The summed E-state index contributed by atoms with van der Waals surface area (Å²) in [6.45, 7) is 0. The summed E-state index contributed by atoms with van der Waals surface area (Å²) in [7, 11) is 6.01. The molecule has 1 aliphatic rings. The number of carbonyl (C=O) groups is 2. The number of nitrogens with one attached hydrogen (secondary N) is 1. The Bertz CT molecular complexity index is 1050. The molecule has 2 amide bonds. The molecule has 0 spiro atoms. The van der Waals surface area contributed by atoms with E-state index in [2.05, 4.69) is 5.32 Å². The number of anilines is 1. The smallest absolute Gasteiger partial charge is 0.270 e. The number of nitrogens with zero attached hydrogens (tertiary/aromatic N) is 1. The number of rotatable bonds is 6. The van der Waals surface area contributed by atoms with E-state index >= 15 is 0 Å². The second-order valence-electron chi connectivity index (χ2n) is 6.10. The van der Waals surface area contributed by atoms with Crippen molar-refractivity contribution >= 4 is 40.9 Å². The zero-order valence-electron chi connectivity index (χ0n) is 16.8. The number of methoxy groups -OCH3 is 4. The molecule has 1 saturated heterocycles. The molecular weight excluding hydrogens is 408 g/mol. The Balaban J connectivity index is 2.07. The van der Waals surface area contributed by atoms with E-state index in [9.17, 15) is 9.59 Å². The summed E-state index contributed by atoms with van der Waals surface area (Å²) in [5.74, 6) is 0.747. The summed E-state index contributed by atoms with van der Waals surface area (Å²) in [6, 6.07) is 9.97. The molecule has 0 saturated carbocycles. The summed E-state index contributed by atoms with van der Waals surface area (Å²) in [6.07, 6.45) is 1.45. The zero-order valence-corrected chi connectivity index (χ0v) is 17.7. The normalized spacial score (nSPS) is 15.1. The Kier molecular flexibility index (Phi) is 6.22. The Morgan fingerprint density at radius 3 is 2.07 bits per heavy atom. The third kappa shape index (κ3) is 3.92. The highest BCUT2D eigenvalue weighted by Crippen LogP contribution is 2.35. The fraction of sp³-hybridized carbons (Fsp3) is 0.190. The van der Waals surface area contributed by atoms with Gasteiger partial charge >= 0.3 is 0 Å². The highest BCUT2D eigenvalue weighted by atomic mass is 32.1. The molecule has 1 fully saturated rings. The number of hydrogen-bond acceptors (Lipinski definition) is 7. The number of ether oxygens (including phenoxy) is 4. The minimum Gasteiger partial charge on any atom is -0.497 e. The number of hydrogen-bond donors (Lipinski definition) is 1. The first-order valence-corrected chi connectivity index (χ1v) is 9.19. The summed E-state index contributed by atoms with van der Waals surface area (Å²) in [4.78, 5) is 27.0. The van der Waals surface area contributed by atoms with E-state index in [0.717, 1.165) is 0 Å². The number of amides is 2. The lowest BCUT2D eigenvalue weighted by Gasteiger charge is -2.30. The number of carbonyl (C=O) groups excluding carboxylic acids is 2. The predicted octanol–water partition coefficient (Wildman–Crippen LogP) is 2.55. The number of benzene rings is 2. The van der Waals surface area contributed by atoms with Gasteiger partial charge in [-0.15, -0.1) is 0 Å². The summed E-state index contributed by atoms with van der Waals surface area (Å²) >= 11 is 5.25. The first kappa shape index (κ1) is 21.1. The van der Waals surface area contributed by atoms with Crippen LogP contribution in [0.4, 0.5) is 5.69 Å². The third-order valence-corrected chi connectivity index (χ3v) is 4.75. The molecule has 2 aromatic rings. The molecule has 0 unspecified atom stereocenters. The molecule has 0 bridgehead atoms. The highest BCUT2D eigenvalue weighted by molar-refractivity contribution is 7.80. The van der Waals surface area contributed by atoms with Gasteiger partial charge in [-0.05, 0) is 42.6 Å². The van der Waals surface area contributed by atoms with E-state index in [-0.39, 0.29) is 10.7 Å². The van der Waals surface area contributed by atoms with Crippen LogP contribution in [0.3, 0.4) is 0 Å². The molecule has 156 valence electrons. The maximum absolute atomic E-state index is 13.3. The van der Waals surface area contributed by atoms with Crippen molar-refractivity contribution in [3.05, 3.63) is 47.5 Å². The van der Waals surface area contributed by atoms with Crippen molar-refractivity contribution in [1.82, 2.24) is 5.32 Å². The van der Waals surface area contributed by atoms with Crippen molar-refractivity contribution in [2.24, 2.45) is 0 Å². The van der Waals surface area contributed by atoms with Gasteiger partial charge in [-0.1, -0.05) is 0 Å². The van der Waals surface area contributed by atoms with Gasteiger partial charge in [-0.2, -0.15) is 0 Å². The van der Waals surface area contributed by atoms with Crippen molar-refractivity contribution in [1.29, 1.82) is 0 Å². The van der Waals surface area contributed by atoms with E-state index in [1.54, 1.807) is 36.4 Å². The van der Waals surface area contributed by atoms with Crippen LogP contribution in [0.5, 0.6) is 23.0 Å². The Labute approximate surface area is 179 Å². The van der Waals surface area contributed by atoms with Crippen molar-refractivity contribution in [3.8, 4) is 23.0 Å². The van der Waals surface area contributed by atoms with Crippen LogP contribution >= 0.6 is 12.2 Å². The Morgan fingerprint density at radius 2 is 1.47 bits per heavy atom. The standard InChI is InChI=1S/C21H20N2O6S/c1-26-13-6-5-12(17(10-13)28-3)9-15-19(24)22-21(30)23(20(15)25)16-8-7-14(27-2)11-18(16)29-4/h5-11H,1-4H3,(H,22,24,30)/b15-9+. The topological polar surface area (TPSA) is 86.3 Å². The second-order valence-corrected chi connectivity index (χ2v) is 6.49. The SMILES string of the molecule is COc1ccc(/C=C2\C(=O)NC(=S)N(c3ccc(OC)cc3OC)C2=O)c(OC)c1. The van der Waals surface area contributed by atoms with Gasteiger partial charge in [0, 0.05) is 17.7 Å². The zero-order chi connectivity index (χ0) is 21.8. The van der Waals surface area contributed by atoms with Crippen LogP contribution in [0.1, 0.15) is 5.56 Å². The summed E-state index contributed by atoms with van der Waals surface area (Å²) in [5, 5.41) is 2.50. The van der Waals surface area contributed by atoms with Gasteiger partial charge in [-0.3, -0.25) is 14.9 Å². The van der Waals surface area contributed by atoms with E-state index in [1.165, 1.54) is 39.4 Å². The lowest BCUT2D eigenvalue weighted by molar-refractivity contribution is -0.122. The van der Waals surface area contributed by atoms with Gasteiger partial charge in [0.15, 0.2) is 5.11 Å². The largest absolute Gasteiger partial charge is 0.497 e. The molecular formula is C21H20N2O6S. The minimum atomic E-state index is -0.605. The van der Waals surface area contributed by atoms with Crippen LogP contribution in [0.2, 0.25) is 0 Å². The molecule has 3 rings (SSSR count). The molecule has 1 N–H and O–H groups in total. The van der Waals surface area contributed by atoms with E-state index < -0.39 is 11.8 Å². The monoisotopic (exact) mass is 428 g/mol. The molecule has 1 aliphatic heterocycles. The van der Waals surface area contributed by atoms with Gasteiger partial charge in [0.05, 0.1) is 34.1 Å². The average Bonchev–Trinajstić information content (AvgIpc) is 2.76. The van der Waals surface area contributed by atoms with Gasteiger partial charge in [-0.25, -0.2) is 4.90 Å². The van der Waals surface area contributed by atoms with Crippen molar-refractivity contribution in [2.45, 2.75) is 0 Å². The van der Waals surface area contributed by atoms with Crippen LogP contribution in [-0.4, -0.2) is 45.4 Å². The van der Waals surface area contributed by atoms with Crippen molar-refractivity contribution < 1.29 is 28.5 Å². The lowest BCUT2D eigenvalue weighted by Crippen LogP contribution is -2.54. The summed E-state index contributed by atoms with van der Waals surface area (Å²) in [5.41, 5.74) is 0.803. The molecule has 9 heteroatoms. The fourth-order valence-corrected chi connectivity index (χ4v) is 3.21. The lowest BCUT2D eigenvalue weighted by atomic mass is 10.1. The van der Waals surface area contributed by atoms with Gasteiger partial charge in [0.1, 0.15) is 28.6 Å². The Morgan fingerprint density at radius 1 is 0.867 bits per heavy atom. The van der Waals surface area contributed by atoms with Gasteiger partial charge in [0.25, 0.3) is 11.8 Å². The molecule has 0 aromatic heterocycles. The first-order chi connectivity index (χ1) is 14.4. The molecule has 30 heavy (non-hydrogen) atoms. The Hall–Kier alpha value is -3.59. The highest BCUT2D eigenvalue weighted by Gasteiger charge is 2.36. The number of thiocarbonyl (C=S) groups is 1. The van der Waals surface area contributed by atoms with Gasteiger partial charge < -0.3 is 18.9 Å². The van der Waals surface area contributed by atoms with Crippen LogP contribution < -0.4 is 29.2 Å². The molecule has 0 atom stereocenters. The van der Waals surface area contributed by atoms with E-state index in [0.29, 0.717) is 34.2 Å². The predicted molar refractivity (Wildman–Crippen MR) is 115 cm³/mol. The summed E-state index contributed by atoms with van der Waals surface area (Å²) < 4.78 is 21.1. The fourth-order valence-electron chi connectivity index (χ4n) is 2.94. The van der Waals surface area contributed by atoms with Crippen LogP contribution in [-0.2, 0) is 9.59 Å². The van der Waals surface area contributed by atoms with Crippen LogP contribution in [0.15, 0.2) is 42.0 Å². The molecule has 0 radical (unpaired) electrons. The maximum Gasteiger partial charge on any atom is 0.270 e. The molecule has 0 aliphatic carbocycles. The van der Waals surface area contributed by atoms with E-state index in [4.69, 9.17) is 31.2 Å². The maximum atomic E-state index is 13.3.